The molecule has 6 heteroatoms. The van der Waals surface area contributed by atoms with E-state index in [0.717, 1.165) is 4.47 Å². The predicted molar refractivity (Wildman–Crippen MR) is 56.5 cm³/mol. The normalized spacial score (nSPS) is 10.4. The molecule has 72 valence electrons. The first-order valence-electron chi connectivity index (χ1n) is 3.71. The maximum atomic E-state index is 9.53. The second kappa shape index (κ2) is 3.55. The number of halogens is 1. The summed E-state index contributed by atoms with van der Waals surface area (Å²) in [6.45, 7) is 0. The van der Waals surface area contributed by atoms with Crippen molar-refractivity contribution in [3.63, 3.8) is 0 Å². The van der Waals surface area contributed by atoms with Gasteiger partial charge in [0, 0.05) is 4.47 Å². The topological polar surface area (TPSA) is 62.1 Å². The van der Waals surface area contributed by atoms with E-state index in [9.17, 15) is 5.11 Å². The Bertz CT molecular complexity index is 520. The SMILES string of the molecule is Oc1ccc(Br)cc1-c1n[nH]c(=S)o1. The Balaban J connectivity index is 2.61. The molecule has 0 aliphatic heterocycles. The first-order valence-corrected chi connectivity index (χ1v) is 4.91. The number of hydrogen-bond donors (Lipinski definition) is 2. The number of aromatic nitrogens is 2. The molecule has 14 heavy (non-hydrogen) atoms. The predicted octanol–water partition coefficient (Wildman–Crippen LogP) is 2.87. The Morgan fingerprint density at radius 1 is 1.50 bits per heavy atom. The van der Waals surface area contributed by atoms with Gasteiger partial charge in [-0.3, -0.25) is 0 Å². The summed E-state index contributed by atoms with van der Waals surface area (Å²) in [4.78, 5) is 0.180. The molecule has 2 N–H and O–H groups in total. The van der Waals surface area contributed by atoms with Crippen LogP contribution in [-0.4, -0.2) is 15.3 Å². The average Bonchev–Trinajstić information content (AvgIpc) is 2.56. The maximum absolute atomic E-state index is 9.53. The summed E-state index contributed by atoms with van der Waals surface area (Å²) in [7, 11) is 0. The van der Waals surface area contributed by atoms with Gasteiger partial charge in [0.2, 0.25) is 5.89 Å². The molecule has 0 unspecified atom stereocenters. The second-order valence-corrected chi connectivity index (χ2v) is 3.87. The van der Waals surface area contributed by atoms with Crippen molar-refractivity contribution in [2.45, 2.75) is 0 Å². The molecule has 4 nitrogen and oxygen atoms in total. The molecule has 0 aliphatic carbocycles. The Hall–Kier alpha value is -1.14. The number of aromatic hydroxyl groups is 1. The Morgan fingerprint density at radius 3 is 2.93 bits per heavy atom. The summed E-state index contributed by atoms with van der Waals surface area (Å²) in [5.41, 5.74) is 0.492. The van der Waals surface area contributed by atoms with Crippen LogP contribution >= 0.6 is 28.1 Å². The van der Waals surface area contributed by atoms with Crippen LogP contribution in [0.2, 0.25) is 0 Å². The van der Waals surface area contributed by atoms with E-state index in [2.05, 4.69) is 26.1 Å². The first kappa shape index (κ1) is 9.42. The van der Waals surface area contributed by atoms with Crippen LogP contribution in [-0.2, 0) is 0 Å². The zero-order valence-corrected chi connectivity index (χ0v) is 9.22. The van der Waals surface area contributed by atoms with Gasteiger partial charge in [-0.15, -0.1) is 5.10 Å². The van der Waals surface area contributed by atoms with E-state index in [0.29, 0.717) is 5.56 Å². The molecule has 0 fully saturated rings. The lowest BCUT2D eigenvalue weighted by atomic mass is 10.2. The van der Waals surface area contributed by atoms with E-state index in [1.165, 1.54) is 0 Å². The highest BCUT2D eigenvalue weighted by Gasteiger charge is 2.09. The number of nitrogens with zero attached hydrogens (tertiary/aromatic N) is 1. The maximum Gasteiger partial charge on any atom is 0.284 e. The van der Waals surface area contributed by atoms with Crippen LogP contribution < -0.4 is 0 Å². The first-order chi connectivity index (χ1) is 6.66. The van der Waals surface area contributed by atoms with Gasteiger partial charge in [0.25, 0.3) is 4.84 Å². The van der Waals surface area contributed by atoms with E-state index < -0.39 is 0 Å². The van der Waals surface area contributed by atoms with Gasteiger partial charge < -0.3 is 9.52 Å². The number of benzene rings is 1. The molecular formula is C8H5BrN2O2S. The van der Waals surface area contributed by atoms with Crippen molar-refractivity contribution in [2.75, 3.05) is 0 Å². The fourth-order valence-corrected chi connectivity index (χ4v) is 1.51. The van der Waals surface area contributed by atoms with Gasteiger partial charge in [-0.2, -0.15) is 0 Å². The minimum absolute atomic E-state index is 0.0958. The van der Waals surface area contributed by atoms with Crippen LogP contribution in [0.4, 0.5) is 0 Å². The van der Waals surface area contributed by atoms with Crippen LogP contribution in [0.5, 0.6) is 5.75 Å². The number of nitrogens with one attached hydrogen (secondary N) is 1. The number of rotatable bonds is 1. The van der Waals surface area contributed by atoms with Gasteiger partial charge >= 0.3 is 0 Å². The van der Waals surface area contributed by atoms with E-state index in [1.807, 2.05) is 0 Å². The van der Waals surface area contributed by atoms with Crippen LogP contribution in [0.3, 0.4) is 0 Å². The fraction of sp³-hybridized carbons (Fsp3) is 0. The second-order valence-electron chi connectivity index (χ2n) is 2.58. The molecule has 0 spiro atoms. The molecular weight excluding hydrogens is 268 g/mol. The molecule has 1 aromatic heterocycles. The van der Waals surface area contributed by atoms with Crippen molar-refractivity contribution in [1.82, 2.24) is 10.2 Å². The van der Waals surface area contributed by atoms with Gasteiger partial charge in [-0.25, -0.2) is 5.10 Å². The minimum atomic E-state index is 0.0958. The highest BCUT2D eigenvalue weighted by atomic mass is 79.9. The van der Waals surface area contributed by atoms with Crippen molar-refractivity contribution >= 4 is 28.1 Å². The third-order valence-corrected chi connectivity index (χ3v) is 2.29. The van der Waals surface area contributed by atoms with Gasteiger partial charge in [0.15, 0.2) is 0 Å². The molecule has 1 heterocycles. The highest BCUT2D eigenvalue weighted by molar-refractivity contribution is 9.10. The van der Waals surface area contributed by atoms with Gasteiger partial charge in [-0.1, -0.05) is 15.9 Å². The van der Waals surface area contributed by atoms with Crippen LogP contribution in [0.25, 0.3) is 11.5 Å². The van der Waals surface area contributed by atoms with Gasteiger partial charge in [-0.05, 0) is 30.4 Å². The van der Waals surface area contributed by atoms with Crippen molar-refractivity contribution in [3.8, 4) is 17.2 Å². The third-order valence-electron chi connectivity index (χ3n) is 1.63. The largest absolute Gasteiger partial charge is 0.507 e. The molecule has 0 radical (unpaired) electrons. The Labute approximate surface area is 92.7 Å². The Kier molecular flexibility index (Phi) is 2.39. The summed E-state index contributed by atoms with van der Waals surface area (Å²) in [5, 5.41) is 15.8. The zero-order chi connectivity index (χ0) is 10.1. The summed E-state index contributed by atoms with van der Waals surface area (Å²) >= 11 is 8.01. The number of phenolic OH excluding ortho intramolecular Hbond substituents is 1. The van der Waals surface area contributed by atoms with Crippen LogP contribution in [0, 0.1) is 4.84 Å². The smallest absolute Gasteiger partial charge is 0.284 e. The standard InChI is InChI=1S/C8H5BrN2O2S/c9-4-1-2-6(12)5(3-4)7-10-11-8(14)13-7/h1-3,12H,(H,11,14). The quantitative estimate of drug-likeness (QED) is 0.784. The zero-order valence-electron chi connectivity index (χ0n) is 6.82. The number of phenols is 1. The molecule has 2 rings (SSSR count). The molecule has 0 saturated heterocycles. The van der Waals surface area contributed by atoms with E-state index in [1.54, 1.807) is 18.2 Å². The molecule has 0 amide bonds. The monoisotopic (exact) mass is 272 g/mol. The third kappa shape index (κ3) is 1.71. The summed E-state index contributed by atoms with van der Waals surface area (Å²) in [6, 6.07) is 4.97. The number of aromatic amines is 1. The molecule has 0 aliphatic rings. The molecule has 0 bridgehead atoms. The molecule has 0 atom stereocenters. The fourth-order valence-electron chi connectivity index (χ4n) is 1.02. The minimum Gasteiger partial charge on any atom is -0.507 e. The van der Waals surface area contributed by atoms with Crippen LogP contribution in [0.1, 0.15) is 0 Å². The van der Waals surface area contributed by atoms with E-state index in [-0.39, 0.29) is 16.5 Å². The van der Waals surface area contributed by atoms with Crippen molar-refractivity contribution < 1.29 is 9.52 Å². The number of H-pyrrole nitrogens is 1. The molecule has 0 saturated carbocycles. The highest BCUT2D eigenvalue weighted by Crippen LogP contribution is 2.30. The lowest BCUT2D eigenvalue weighted by Crippen LogP contribution is -1.79. The lowest BCUT2D eigenvalue weighted by Gasteiger charge is -1.99. The lowest BCUT2D eigenvalue weighted by molar-refractivity contribution is 0.472. The van der Waals surface area contributed by atoms with Gasteiger partial charge in [0.05, 0.1) is 5.56 Å². The average molecular weight is 273 g/mol. The van der Waals surface area contributed by atoms with E-state index in [4.69, 9.17) is 16.6 Å². The van der Waals surface area contributed by atoms with Crippen LogP contribution in [0.15, 0.2) is 27.1 Å². The molecule has 2 aromatic rings. The van der Waals surface area contributed by atoms with Crippen molar-refractivity contribution in [2.24, 2.45) is 0 Å². The van der Waals surface area contributed by atoms with Gasteiger partial charge in [0.1, 0.15) is 5.75 Å². The molecule has 1 aromatic carbocycles. The van der Waals surface area contributed by atoms with Crippen molar-refractivity contribution in [3.05, 3.63) is 27.5 Å². The summed E-state index contributed by atoms with van der Waals surface area (Å²) in [5.74, 6) is 0.368. The van der Waals surface area contributed by atoms with Crippen molar-refractivity contribution in [1.29, 1.82) is 0 Å². The Morgan fingerprint density at radius 2 is 2.29 bits per heavy atom. The summed E-state index contributed by atoms with van der Waals surface area (Å²) in [6.07, 6.45) is 0. The van der Waals surface area contributed by atoms with E-state index >= 15 is 0 Å². The number of hydrogen-bond acceptors (Lipinski definition) is 4. The summed E-state index contributed by atoms with van der Waals surface area (Å²) < 4.78 is 5.90.